The lowest BCUT2D eigenvalue weighted by atomic mass is 9.85. The highest BCUT2D eigenvalue weighted by Crippen LogP contribution is 2.24. The van der Waals surface area contributed by atoms with Crippen LogP contribution in [0.25, 0.3) is 0 Å². The van der Waals surface area contributed by atoms with Crippen molar-refractivity contribution in [3.63, 3.8) is 0 Å². The number of aliphatic hydroxyl groups is 1. The van der Waals surface area contributed by atoms with E-state index in [2.05, 4.69) is 5.32 Å². The van der Waals surface area contributed by atoms with Crippen LogP contribution < -0.4 is 10.1 Å². The van der Waals surface area contributed by atoms with Crippen LogP contribution in [0.15, 0.2) is 24.3 Å². The number of rotatable bonds is 8. The van der Waals surface area contributed by atoms with Gasteiger partial charge in [0.1, 0.15) is 5.75 Å². The highest BCUT2D eigenvalue weighted by atomic mass is 16.5. The third-order valence-electron chi connectivity index (χ3n) is 4.55. The van der Waals surface area contributed by atoms with Crippen LogP contribution in [0.4, 0.5) is 0 Å². The number of carbonyl (C=O) groups is 1. The van der Waals surface area contributed by atoms with E-state index in [0.717, 1.165) is 44.3 Å². The van der Waals surface area contributed by atoms with Crippen LogP contribution in [0.1, 0.15) is 50.5 Å². The van der Waals surface area contributed by atoms with Gasteiger partial charge in [-0.25, -0.2) is 0 Å². The van der Waals surface area contributed by atoms with E-state index in [1.807, 2.05) is 31.2 Å². The Balaban J connectivity index is 1.59. The smallest absolute Gasteiger partial charge is 0.220 e. The van der Waals surface area contributed by atoms with Crippen molar-refractivity contribution in [2.45, 2.75) is 57.9 Å². The summed E-state index contributed by atoms with van der Waals surface area (Å²) in [4.78, 5) is 12.0. The van der Waals surface area contributed by atoms with Gasteiger partial charge in [-0.15, -0.1) is 0 Å². The summed E-state index contributed by atoms with van der Waals surface area (Å²) in [6, 6.07) is 8.16. The van der Waals surface area contributed by atoms with Crippen molar-refractivity contribution in [3.05, 3.63) is 29.8 Å². The molecule has 23 heavy (non-hydrogen) atoms. The molecule has 4 heteroatoms. The standard InChI is InChI=1S/C19H29NO3/c1-15-7-6-9-17(13-15)23-12-5-4-11-19(22)20-18-10-3-2-8-16(18)14-21/h6-7,9,13,16,18,21H,2-5,8,10-12,14H2,1H3,(H,20,22). The van der Waals surface area contributed by atoms with Crippen LogP contribution in [-0.2, 0) is 4.79 Å². The van der Waals surface area contributed by atoms with Gasteiger partial charge in [-0.05, 0) is 50.3 Å². The summed E-state index contributed by atoms with van der Waals surface area (Å²) < 4.78 is 5.69. The van der Waals surface area contributed by atoms with Crippen LogP contribution >= 0.6 is 0 Å². The number of benzene rings is 1. The van der Waals surface area contributed by atoms with Gasteiger partial charge >= 0.3 is 0 Å². The fourth-order valence-electron chi connectivity index (χ4n) is 3.18. The highest BCUT2D eigenvalue weighted by molar-refractivity contribution is 5.76. The molecular formula is C19H29NO3. The van der Waals surface area contributed by atoms with Gasteiger partial charge in [-0.2, -0.15) is 0 Å². The van der Waals surface area contributed by atoms with Gasteiger partial charge in [0.25, 0.3) is 0 Å². The number of hydrogen-bond acceptors (Lipinski definition) is 3. The molecule has 1 aromatic rings. The maximum Gasteiger partial charge on any atom is 0.220 e. The Hall–Kier alpha value is -1.55. The number of amides is 1. The van der Waals surface area contributed by atoms with Crippen molar-refractivity contribution in [3.8, 4) is 5.75 Å². The molecule has 2 N–H and O–H groups in total. The fourth-order valence-corrected chi connectivity index (χ4v) is 3.18. The van der Waals surface area contributed by atoms with Gasteiger partial charge < -0.3 is 15.2 Å². The van der Waals surface area contributed by atoms with E-state index in [1.54, 1.807) is 0 Å². The van der Waals surface area contributed by atoms with Gasteiger partial charge in [0, 0.05) is 25.0 Å². The van der Waals surface area contributed by atoms with Gasteiger partial charge in [-0.1, -0.05) is 25.0 Å². The molecule has 1 aliphatic carbocycles. The molecule has 2 rings (SSSR count). The maximum absolute atomic E-state index is 12.0. The molecule has 0 saturated heterocycles. The van der Waals surface area contributed by atoms with Gasteiger partial charge in [0.2, 0.25) is 5.91 Å². The summed E-state index contributed by atoms with van der Waals surface area (Å²) in [7, 11) is 0. The maximum atomic E-state index is 12.0. The van der Waals surface area contributed by atoms with Crippen molar-refractivity contribution in [1.82, 2.24) is 5.32 Å². The minimum absolute atomic E-state index is 0.103. The summed E-state index contributed by atoms with van der Waals surface area (Å²) in [5.74, 6) is 1.23. The average Bonchev–Trinajstić information content (AvgIpc) is 2.55. The van der Waals surface area contributed by atoms with Crippen molar-refractivity contribution < 1.29 is 14.6 Å². The number of ether oxygens (including phenoxy) is 1. The monoisotopic (exact) mass is 319 g/mol. The number of nitrogens with one attached hydrogen (secondary N) is 1. The zero-order valence-electron chi connectivity index (χ0n) is 14.1. The quantitative estimate of drug-likeness (QED) is 0.723. The lowest BCUT2D eigenvalue weighted by Gasteiger charge is -2.30. The molecule has 0 aliphatic heterocycles. The number of carbonyl (C=O) groups excluding carboxylic acids is 1. The summed E-state index contributed by atoms with van der Waals surface area (Å²) in [5.41, 5.74) is 1.19. The summed E-state index contributed by atoms with van der Waals surface area (Å²) >= 11 is 0. The number of unbranched alkanes of at least 4 members (excludes halogenated alkanes) is 1. The molecule has 128 valence electrons. The van der Waals surface area contributed by atoms with E-state index in [-0.39, 0.29) is 24.5 Å². The van der Waals surface area contributed by atoms with Crippen LogP contribution in [0, 0.1) is 12.8 Å². The second-order valence-electron chi connectivity index (χ2n) is 6.52. The summed E-state index contributed by atoms with van der Waals surface area (Å²) in [5, 5.41) is 12.5. The number of hydrogen-bond donors (Lipinski definition) is 2. The third kappa shape index (κ3) is 6.22. The van der Waals surface area contributed by atoms with Crippen LogP contribution in [0.3, 0.4) is 0 Å². The van der Waals surface area contributed by atoms with E-state index in [1.165, 1.54) is 5.56 Å². The Labute approximate surface area is 139 Å². The second kappa shape index (κ2) is 9.56. The minimum atomic E-state index is 0.103. The predicted molar refractivity (Wildman–Crippen MR) is 91.5 cm³/mol. The summed E-state index contributed by atoms with van der Waals surface area (Å²) in [6.07, 6.45) is 6.55. The topological polar surface area (TPSA) is 58.6 Å². The molecule has 2 unspecified atom stereocenters. The zero-order chi connectivity index (χ0) is 16.5. The Morgan fingerprint density at radius 1 is 1.30 bits per heavy atom. The van der Waals surface area contributed by atoms with Gasteiger partial charge in [0.05, 0.1) is 6.61 Å². The summed E-state index contributed by atoms with van der Waals surface area (Å²) in [6.45, 7) is 2.86. The Morgan fingerprint density at radius 2 is 2.13 bits per heavy atom. The van der Waals surface area contributed by atoms with Gasteiger partial charge in [0.15, 0.2) is 0 Å². The van der Waals surface area contributed by atoms with E-state index >= 15 is 0 Å². The number of aliphatic hydroxyl groups excluding tert-OH is 1. The highest BCUT2D eigenvalue weighted by Gasteiger charge is 2.25. The normalized spacial score (nSPS) is 21.0. The molecule has 1 amide bonds. The van der Waals surface area contributed by atoms with Crippen molar-refractivity contribution in [2.75, 3.05) is 13.2 Å². The molecule has 0 bridgehead atoms. The lowest BCUT2D eigenvalue weighted by molar-refractivity contribution is -0.122. The Kier molecular flexibility index (Phi) is 7.40. The first-order chi connectivity index (χ1) is 11.2. The molecule has 4 nitrogen and oxygen atoms in total. The van der Waals surface area contributed by atoms with Gasteiger partial charge in [-0.3, -0.25) is 4.79 Å². The molecule has 0 spiro atoms. The largest absolute Gasteiger partial charge is 0.494 e. The first-order valence-electron chi connectivity index (χ1n) is 8.78. The van der Waals surface area contributed by atoms with Crippen molar-refractivity contribution in [1.29, 1.82) is 0 Å². The van der Waals surface area contributed by atoms with Crippen molar-refractivity contribution >= 4 is 5.91 Å². The third-order valence-corrected chi connectivity index (χ3v) is 4.55. The molecule has 1 aliphatic rings. The first kappa shape index (κ1) is 17.8. The van der Waals surface area contributed by atoms with E-state index in [0.29, 0.717) is 13.0 Å². The molecule has 1 aromatic carbocycles. The molecule has 1 fully saturated rings. The molecular weight excluding hydrogens is 290 g/mol. The second-order valence-corrected chi connectivity index (χ2v) is 6.52. The van der Waals surface area contributed by atoms with E-state index < -0.39 is 0 Å². The number of aryl methyl sites for hydroxylation is 1. The molecule has 0 aromatic heterocycles. The zero-order valence-corrected chi connectivity index (χ0v) is 14.1. The molecule has 0 radical (unpaired) electrons. The van der Waals surface area contributed by atoms with E-state index in [9.17, 15) is 9.90 Å². The predicted octanol–water partition coefficient (Wildman–Crippen LogP) is 3.21. The molecule has 2 atom stereocenters. The van der Waals surface area contributed by atoms with Crippen LogP contribution in [-0.4, -0.2) is 30.3 Å². The fraction of sp³-hybridized carbons (Fsp3) is 0.632. The Morgan fingerprint density at radius 3 is 2.91 bits per heavy atom. The molecule has 1 saturated carbocycles. The Bertz CT molecular complexity index is 489. The average molecular weight is 319 g/mol. The van der Waals surface area contributed by atoms with Crippen LogP contribution in [0.5, 0.6) is 5.75 Å². The van der Waals surface area contributed by atoms with Crippen molar-refractivity contribution in [2.24, 2.45) is 5.92 Å². The SMILES string of the molecule is Cc1cccc(OCCCCC(=O)NC2CCCCC2CO)c1. The lowest BCUT2D eigenvalue weighted by Crippen LogP contribution is -2.43. The van der Waals surface area contributed by atoms with E-state index in [4.69, 9.17) is 4.74 Å². The van der Waals surface area contributed by atoms with Crippen LogP contribution in [0.2, 0.25) is 0 Å². The molecule has 0 heterocycles. The minimum Gasteiger partial charge on any atom is -0.494 e. The first-order valence-corrected chi connectivity index (χ1v) is 8.78.